The summed E-state index contributed by atoms with van der Waals surface area (Å²) < 4.78 is 12.1. The zero-order chi connectivity index (χ0) is 17.6. The van der Waals surface area contributed by atoms with Gasteiger partial charge in [-0.3, -0.25) is 4.99 Å². The van der Waals surface area contributed by atoms with E-state index in [-0.39, 0.29) is 0 Å². The Bertz CT molecular complexity index is 1010. The number of thiophene rings is 1. The molecule has 2 heterocycles. The lowest BCUT2D eigenvalue weighted by molar-refractivity contribution is 0.354. The van der Waals surface area contributed by atoms with Crippen molar-refractivity contribution < 1.29 is 9.47 Å². The highest BCUT2D eigenvalue weighted by molar-refractivity contribution is 7.21. The van der Waals surface area contributed by atoms with Crippen LogP contribution in [-0.2, 0) is 6.42 Å². The average Bonchev–Trinajstić information content (AvgIpc) is 2.95. The molecule has 0 radical (unpaired) electrons. The van der Waals surface area contributed by atoms with Gasteiger partial charge in [0.05, 0.1) is 29.8 Å². The Hall–Kier alpha value is -2.04. The van der Waals surface area contributed by atoms with E-state index in [4.69, 9.17) is 26.1 Å². The average molecular weight is 372 g/mol. The molecular formula is C20H18ClNO2S. The van der Waals surface area contributed by atoms with Crippen molar-refractivity contribution in [1.29, 1.82) is 0 Å². The van der Waals surface area contributed by atoms with E-state index in [1.54, 1.807) is 25.6 Å². The second-order valence-electron chi connectivity index (χ2n) is 6.09. The third kappa shape index (κ3) is 2.70. The zero-order valence-corrected chi connectivity index (χ0v) is 15.9. The molecule has 0 fully saturated rings. The third-order valence-corrected chi connectivity index (χ3v) is 6.18. The van der Waals surface area contributed by atoms with Crippen LogP contribution in [0.1, 0.15) is 21.6 Å². The number of halogens is 1. The second-order valence-corrected chi connectivity index (χ2v) is 7.52. The van der Waals surface area contributed by atoms with E-state index < -0.39 is 0 Å². The molecule has 128 valence electrons. The van der Waals surface area contributed by atoms with Gasteiger partial charge in [0.15, 0.2) is 11.5 Å². The topological polar surface area (TPSA) is 30.8 Å². The predicted molar refractivity (Wildman–Crippen MR) is 105 cm³/mol. The van der Waals surface area contributed by atoms with Crippen molar-refractivity contribution in [3.63, 3.8) is 0 Å². The van der Waals surface area contributed by atoms with Crippen LogP contribution in [0.2, 0.25) is 5.02 Å². The van der Waals surface area contributed by atoms with Crippen molar-refractivity contribution >= 4 is 38.7 Å². The predicted octanol–water partition coefficient (Wildman–Crippen LogP) is 5.27. The fourth-order valence-corrected chi connectivity index (χ4v) is 4.88. The molecule has 0 bridgehead atoms. The third-order valence-electron chi connectivity index (χ3n) is 4.52. The fraction of sp³-hybridized carbons (Fsp3) is 0.250. The van der Waals surface area contributed by atoms with Crippen LogP contribution in [0.3, 0.4) is 0 Å². The van der Waals surface area contributed by atoms with Gasteiger partial charge in [-0.05, 0) is 42.7 Å². The minimum atomic E-state index is 0.712. The lowest BCUT2D eigenvalue weighted by Gasteiger charge is -2.19. The first-order valence-electron chi connectivity index (χ1n) is 8.11. The minimum absolute atomic E-state index is 0.712. The van der Waals surface area contributed by atoms with Gasteiger partial charge in [0.25, 0.3) is 0 Å². The van der Waals surface area contributed by atoms with Crippen LogP contribution in [0.5, 0.6) is 11.5 Å². The SMILES string of the molecule is COc1cc2c(cc1OC)C(c1sc3cc(C)ccc3c1Cl)=NCC2. The Balaban J connectivity index is 1.91. The Morgan fingerprint density at radius 1 is 1.08 bits per heavy atom. The standard InChI is InChI=1S/C20H18ClNO2S/c1-11-4-5-13-17(8-11)25-20(18(13)21)19-14-10-16(24-3)15(23-2)9-12(14)6-7-22-19/h4-5,8-10H,6-7H2,1-3H3. The van der Waals surface area contributed by atoms with Crippen molar-refractivity contribution in [1.82, 2.24) is 0 Å². The molecule has 3 nitrogen and oxygen atoms in total. The number of aliphatic imine (C=N–C) groups is 1. The molecule has 0 spiro atoms. The summed E-state index contributed by atoms with van der Waals surface area (Å²) in [6, 6.07) is 10.4. The molecule has 0 amide bonds. The molecule has 0 saturated heterocycles. The van der Waals surface area contributed by atoms with Gasteiger partial charge in [-0.15, -0.1) is 11.3 Å². The van der Waals surface area contributed by atoms with Gasteiger partial charge in [-0.25, -0.2) is 0 Å². The quantitative estimate of drug-likeness (QED) is 0.627. The van der Waals surface area contributed by atoms with Crippen molar-refractivity contribution in [3.05, 3.63) is 56.9 Å². The lowest BCUT2D eigenvalue weighted by atomic mass is 9.95. The number of fused-ring (bicyclic) bond motifs is 2. The van der Waals surface area contributed by atoms with Crippen LogP contribution >= 0.6 is 22.9 Å². The van der Waals surface area contributed by atoms with Crippen LogP contribution in [-0.4, -0.2) is 26.5 Å². The number of rotatable bonds is 3. The van der Waals surface area contributed by atoms with E-state index in [0.717, 1.165) is 45.3 Å². The van der Waals surface area contributed by atoms with Gasteiger partial charge >= 0.3 is 0 Å². The Kier molecular flexibility index (Phi) is 4.18. The molecule has 1 aliphatic heterocycles. The smallest absolute Gasteiger partial charge is 0.161 e. The second kappa shape index (κ2) is 6.36. The molecular weight excluding hydrogens is 354 g/mol. The summed E-state index contributed by atoms with van der Waals surface area (Å²) >= 11 is 8.41. The molecule has 0 N–H and O–H groups in total. The van der Waals surface area contributed by atoms with Crippen molar-refractivity contribution in [2.75, 3.05) is 20.8 Å². The van der Waals surface area contributed by atoms with Gasteiger partial charge in [0, 0.05) is 22.2 Å². The first kappa shape index (κ1) is 16.4. The largest absolute Gasteiger partial charge is 0.493 e. The highest BCUT2D eigenvalue weighted by Gasteiger charge is 2.23. The van der Waals surface area contributed by atoms with Crippen LogP contribution in [0.15, 0.2) is 35.3 Å². The molecule has 4 rings (SSSR count). The maximum Gasteiger partial charge on any atom is 0.161 e. The summed E-state index contributed by atoms with van der Waals surface area (Å²) in [7, 11) is 3.31. The highest BCUT2D eigenvalue weighted by atomic mass is 35.5. The molecule has 2 aromatic carbocycles. The summed E-state index contributed by atoms with van der Waals surface area (Å²) in [5.74, 6) is 1.46. The van der Waals surface area contributed by atoms with Gasteiger partial charge < -0.3 is 9.47 Å². The minimum Gasteiger partial charge on any atom is -0.493 e. The van der Waals surface area contributed by atoms with Crippen LogP contribution in [0, 0.1) is 6.92 Å². The summed E-state index contributed by atoms with van der Waals surface area (Å²) in [6.45, 7) is 2.85. The van der Waals surface area contributed by atoms with E-state index in [0.29, 0.717) is 5.75 Å². The molecule has 3 aromatic rings. The Labute approximate surface area is 155 Å². The summed E-state index contributed by atoms with van der Waals surface area (Å²) in [4.78, 5) is 5.82. The van der Waals surface area contributed by atoms with E-state index in [9.17, 15) is 0 Å². The zero-order valence-electron chi connectivity index (χ0n) is 14.4. The molecule has 0 aliphatic carbocycles. The Morgan fingerprint density at radius 3 is 2.60 bits per heavy atom. The molecule has 1 aromatic heterocycles. The summed E-state index contributed by atoms with van der Waals surface area (Å²) in [5.41, 5.74) is 4.47. The van der Waals surface area contributed by atoms with Crippen LogP contribution in [0.4, 0.5) is 0 Å². The van der Waals surface area contributed by atoms with E-state index in [1.807, 2.05) is 12.1 Å². The fourth-order valence-electron chi connectivity index (χ4n) is 3.24. The Morgan fingerprint density at radius 2 is 1.84 bits per heavy atom. The number of nitrogens with zero attached hydrogens (tertiary/aromatic N) is 1. The van der Waals surface area contributed by atoms with E-state index in [2.05, 4.69) is 25.1 Å². The number of benzene rings is 2. The van der Waals surface area contributed by atoms with Crippen LogP contribution < -0.4 is 9.47 Å². The molecule has 1 aliphatic rings. The monoisotopic (exact) mass is 371 g/mol. The van der Waals surface area contributed by atoms with Gasteiger partial charge in [-0.1, -0.05) is 23.7 Å². The van der Waals surface area contributed by atoms with Gasteiger partial charge in [0.2, 0.25) is 0 Å². The number of hydrogen-bond acceptors (Lipinski definition) is 4. The van der Waals surface area contributed by atoms with E-state index in [1.165, 1.54) is 15.8 Å². The van der Waals surface area contributed by atoms with Gasteiger partial charge in [-0.2, -0.15) is 0 Å². The first-order chi connectivity index (χ1) is 12.1. The number of hydrogen-bond donors (Lipinski definition) is 0. The molecule has 5 heteroatoms. The molecule has 0 unspecified atom stereocenters. The highest BCUT2D eigenvalue weighted by Crippen LogP contribution is 2.40. The van der Waals surface area contributed by atoms with E-state index >= 15 is 0 Å². The number of methoxy groups -OCH3 is 2. The summed E-state index contributed by atoms with van der Waals surface area (Å²) in [6.07, 6.45) is 0.890. The number of aryl methyl sites for hydroxylation is 1. The lowest BCUT2D eigenvalue weighted by Crippen LogP contribution is -2.14. The molecule has 0 saturated carbocycles. The van der Waals surface area contributed by atoms with Gasteiger partial charge in [0.1, 0.15) is 0 Å². The van der Waals surface area contributed by atoms with Crippen molar-refractivity contribution in [2.24, 2.45) is 4.99 Å². The van der Waals surface area contributed by atoms with Crippen molar-refractivity contribution in [2.45, 2.75) is 13.3 Å². The number of ether oxygens (including phenoxy) is 2. The summed E-state index contributed by atoms with van der Waals surface area (Å²) in [5, 5.41) is 1.86. The molecule has 25 heavy (non-hydrogen) atoms. The maximum atomic E-state index is 6.72. The van der Waals surface area contributed by atoms with Crippen LogP contribution in [0.25, 0.3) is 10.1 Å². The maximum absolute atomic E-state index is 6.72. The molecule has 0 atom stereocenters. The first-order valence-corrected chi connectivity index (χ1v) is 9.30. The van der Waals surface area contributed by atoms with Crippen molar-refractivity contribution in [3.8, 4) is 11.5 Å². The normalized spacial score (nSPS) is 13.5.